The lowest BCUT2D eigenvalue weighted by Crippen LogP contribution is -2.35. The summed E-state index contributed by atoms with van der Waals surface area (Å²) >= 11 is 0. The van der Waals surface area contributed by atoms with Crippen molar-refractivity contribution in [2.24, 2.45) is 0 Å². The maximum atomic E-state index is 12.1. The van der Waals surface area contributed by atoms with Crippen LogP contribution in [0.4, 0.5) is 13.2 Å². The van der Waals surface area contributed by atoms with Gasteiger partial charge in [0.2, 0.25) is 0 Å². The summed E-state index contributed by atoms with van der Waals surface area (Å²) in [5.74, 6) is 0. The van der Waals surface area contributed by atoms with Crippen LogP contribution in [0, 0.1) is 0 Å². The van der Waals surface area contributed by atoms with E-state index in [0.717, 1.165) is 19.4 Å². The standard InChI is InChI=1S/C11H23F3N2/c1-4-15-10(3)7-6-8-16(5-2)9-11(12,13)14/h10,15H,4-9H2,1-3H3. The third-order valence-corrected chi connectivity index (χ3v) is 2.51. The normalized spacial score (nSPS) is 14.4. The Morgan fingerprint density at radius 3 is 2.31 bits per heavy atom. The molecule has 0 rings (SSSR count). The van der Waals surface area contributed by atoms with Crippen LogP contribution < -0.4 is 5.32 Å². The van der Waals surface area contributed by atoms with Gasteiger partial charge in [0.25, 0.3) is 0 Å². The molecule has 5 heteroatoms. The van der Waals surface area contributed by atoms with Crippen molar-refractivity contribution < 1.29 is 13.2 Å². The van der Waals surface area contributed by atoms with E-state index >= 15 is 0 Å². The molecule has 0 aliphatic rings. The first-order chi connectivity index (χ1) is 7.39. The molecule has 1 atom stereocenters. The molecule has 0 aliphatic heterocycles. The Labute approximate surface area is 96.2 Å². The minimum absolute atomic E-state index is 0.384. The van der Waals surface area contributed by atoms with Crippen molar-refractivity contribution in [3.8, 4) is 0 Å². The van der Waals surface area contributed by atoms with Gasteiger partial charge < -0.3 is 5.32 Å². The number of hydrogen-bond acceptors (Lipinski definition) is 2. The fraction of sp³-hybridized carbons (Fsp3) is 1.00. The molecular weight excluding hydrogens is 217 g/mol. The van der Waals surface area contributed by atoms with Gasteiger partial charge >= 0.3 is 6.18 Å². The van der Waals surface area contributed by atoms with E-state index in [1.807, 2.05) is 6.92 Å². The van der Waals surface area contributed by atoms with E-state index in [4.69, 9.17) is 0 Å². The summed E-state index contributed by atoms with van der Waals surface area (Å²) in [5.41, 5.74) is 0. The highest BCUT2D eigenvalue weighted by atomic mass is 19.4. The third-order valence-electron chi connectivity index (χ3n) is 2.51. The van der Waals surface area contributed by atoms with Gasteiger partial charge in [-0.15, -0.1) is 0 Å². The number of hydrogen-bond donors (Lipinski definition) is 1. The summed E-state index contributed by atoms with van der Waals surface area (Å²) in [6, 6.07) is 0.384. The summed E-state index contributed by atoms with van der Waals surface area (Å²) in [6.07, 6.45) is -2.36. The maximum absolute atomic E-state index is 12.1. The number of alkyl halides is 3. The lowest BCUT2D eigenvalue weighted by Gasteiger charge is -2.22. The second-order valence-corrected chi connectivity index (χ2v) is 4.08. The van der Waals surface area contributed by atoms with Gasteiger partial charge in [0.15, 0.2) is 0 Å². The van der Waals surface area contributed by atoms with Gasteiger partial charge in [0.1, 0.15) is 0 Å². The average Bonchev–Trinajstić information content (AvgIpc) is 2.14. The van der Waals surface area contributed by atoms with Crippen molar-refractivity contribution in [2.45, 2.75) is 45.8 Å². The third kappa shape index (κ3) is 8.97. The Morgan fingerprint density at radius 1 is 1.25 bits per heavy atom. The Morgan fingerprint density at radius 2 is 1.88 bits per heavy atom. The quantitative estimate of drug-likeness (QED) is 0.701. The van der Waals surface area contributed by atoms with Crippen LogP contribution in [-0.2, 0) is 0 Å². The first-order valence-corrected chi connectivity index (χ1v) is 5.91. The van der Waals surface area contributed by atoms with Crippen molar-refractivity contribution in [1.82, 2.24) is 10.2 Å². The second kappa shape index (κ2) is 7.90. The van der Waals surface area contributed by atoms with E-state index in [2.05, 4.69) is 12.2 Å². The fourth-order valence-electron chi connectivity index (χ4n) is 1.67. The van der Waals surface area contributed by atoms with Crippen LogP contribution in [-0.4, -0.2) is 43.3 Å². The highest BCUT2D eigenvalue weighted by Gasteiger charge is 2.29. The zero-order valence-electron chi connectivity index (χ0n) is 10.4. The molecule has 0 aromatic carbocycles. The average molecular weight is 240 g/mol. The number of rotatable bonds is 8. The van der Waals surface area contributed by atoms with E-state index in [9.17, 15) is 13.2 Å². The van der Waals surface area contributed by atoms with Crippen LogP contribution in [0.2, 0.25) is 0 Å². The van der Waals surface area contributed by atoms with E-state index < -0.39 is 12.7 Å². The first kappa shape index (κ1) is 15.7. The Hall–Kier alpha value is -0.290. The lowest BCUT2D eigenvalue weighted by atomic mass is 10.2. The molecule has 0 heterocycles. The summed E-state index contributed by atoms with van der Waals surface area (Å²) in [5, 5.41) is 3.24. The van der Waals surface area contributed by atoms with Crippen LogP contribution in [0.15, 0.2) is 0 Å². The molecule has 0 fully saturated rings. The smallest absolute Gasteiger partial charge is 0.315 e. The predicted octanol–water partition coefficient (Wildman–Crippen LogP) is 2.65. The van der Waals surface area contributed by atoms with Crippen molar-refractivity contribution in [3.63, 3.8) is 0 Å². The van der Waals surface area contributed by atoms with Crippen molar-refractivity contribution in [1.29, 1.82) is 0 Å². The van der Waals surface area contributed by atoms with Crippen LogP contribution in [0.1, 0.15) is 33.6 Å². The van der Waals surface area contributed by atoms with Crippen LogP contribution in [0.25, 0.3) is 0 Å². The minimum atomic E-state index is -4.08. The van der Waals surface area contributed by atoms with E-state index in [1.165, 1.54) is 4.90 Å². The van der Waals surface area contributed by atoms with Gasteiger partial charge in [-0.05, 0) is 39.4 Å². The molecule has 1 unspecified atom stereocenters. The molecule has 1 N–H and O–H groups in total. The summed E-state index contributed by atoms with van der Waals surface area (Å²) in [4.78, 5) is 1.44. The van der Waals surface area contributed by atoms with Crippen molar-refractivity contribution >= 4 is 0 Å². The lowest BCUT2D eigenvalue weighted by molar-refractivity contribution is -0.145. The molecule has 98 valence electrons. The molecule has 2 nitrogen and oxygen atoms in total. The zero-order valence-corrected chi connectivity index (χ0v) is 10.4. The summed E-state index contributed by atoms with van der Waals surface area (Å²) in [7, 11) is 0. The summed E-state index contributed by atoms with van der Waals surface area (Å²) in [6.45, 7) is 6.93. The van der Waals surface area contributed by atoms with Gasteiger partial charge in [0.05, 0.1) is 6.54 Å². The van der Waals surface area contributed by atoms with E-state index in [0.29, 0.717) is 19.1 Å². The first-order valence-electron chi connectivity index (χ1n) is 5.91. The molecule has 0 amide bonds. The number of nitrogens with zero attached hydrogens (tertiary/aromatic N) is 1. The van der Waals surface area contributed by atoms with E-state index in [-0.39, 0.29) is 0 Å². The molecule has 0 saturated carbocycles. The number of halogens is 3. The predicted molar refractivity (Wildman–Crippen MR) is 60.5 cm³/mol. The van der Waals surface area contributed by atoms with Gasteiger partial charge in [-0.3, -0.25) is 4.90 Å². The van der Waals surface area contributed by atoms with Gasteiger partial charge in [-0.25, -0.2) is 0 Å². The van der Waals surface area contributed by atoms with Crippen molar-refractivity contribution in [3.05, 3.63) is 0 Å². The zero-order chi connectivity index (χ0) is 12.6. The van der Waals surface area contributed by atoms with Crippen LogP contribution in [0.3, 0.4) is 0 Å². The summed E-state index contributed by atoms with van der Waals surface area (Å²) < 4.78 is 36.4. The molecule has 0 spiro atoms. The van der Waals surface area contributed by atoms with Gasteiger partial charge in [0, 0.05) is 6.04 Å². The Kier molecular flexibility index (Phi) is 7.76. The molecule has 0 saturated heterocycles. The fourth-order valence-corrected chi connectivity index (χ4v) is 1.67. The second-order valence-electron chi connectivity index (χ2n) is 4.08. The molecule has 0 radical (unpaired) electrons. The maximum Gasteiger partial charge on any atom is 0.401 e. The molecule has 0 aromatic heterocycles. The largest absolute Gasteiger partial charge is 0.401 e. The van der Waals surface area contributed by atoms with Gasteiger partial charge in [-0.2, -0.15) is 13.2 Å². The molecular formula is C11H23F3N2. The highest BCUT2D eigenvalue weighted by molar-refractivity contribution is 4.65. The SMILES string of the molecule is CCNC(C)CCCN(CC)CC(F)(F)F. The molecule has 0 bridgehead atoms. The van der Waals surface area contributed by atoms with Crippen LogP contribution >= 0.6 is 0 Å². The minimum Gasteiger partial charge on any atom is -0.315 e. The molecule has 16 heavy (non-hydrogen) atoms. The molecule has 0 aliphatic carbocycles. The number of nitrogens with one attached hydrogen (secondary N) is 1. The highest BCUT2D eigenvalue weighted by Crippen LogP contribution is 2.16. The van der Waals surface area contributed by atoms with Crippen molar-refractivity contribution in [2.75, 3.05) is 26.2 Å². The molecule has 0 aromatic rings. The Bertz CT molecular complexity index is 171. The monoisotopic (exact) mass is 240 g/mol. The van der Waals surface area contributed by atoms with E-state index in [1.54, 1.807) is 6.92 Å². The van der Waals surface area contributed by atoms with Crippen LogP contribution in [0.5, 0.6) is 0 Å². The Balaban J connectivity index is 3.71. The topological polar surface area (TPSA) is 15.3 Å². The van der Waals surface area contributed by atoms with Gasteiger partial charge in [-0.1, -0.05) is 13.8 Å².